The van der Waals surface area contributed by atoms with Crippen molar-refractivity contribution in [1.82, 2.24) is 10.9 Å². The summed E-state index contributed by atoms with van der Waals surface area (Å²) in [6, 6.07) is 0. The number of amides is 2. The average Bonchev–Trinajstić information content (AvgIpc) is 2.10. The number of hydrazine groups is 1. The molecule has 5 heteroatoms. The van der Waals surface area contributed by atoms with Crippen molar-refractivity contribution in [3.8, 4) is 0 Å². The monoisotopic (exact) mass is 236 g/mol. The summed E-state index contributed by atoms with van der Waals surface area (Å²) < 4.78 is 0. The predicted octanol–water partition coefficient (Wildman–Crippen LogP) is 0.719. The zero-order valence-electron chi connectivity index (χ0n) is 7.02. The second kappa shape index (κ2) is 7.09. The summed E-state index contributed by atoms with van der Waals surface area (Å²) in [5, 5.41) is 0.195. The van der Waals surface area contributed by atoms with Gasteiger partial charge in [-0.1, -0.05) is 29.3 Å². The minimum atomic E-state index is -0.250. The molecule has 2 amide bonds. The molecule has 0 atom stereocenters. The van der Waals surface area contributed by atoms with Gasteiger partial charge >= 0.3 is 0 Å². The van der Waals surface area contributed by atoms with E-state index < -0.39 is 0 Å². The van der Waals surface area contributed by atoms with E-state index in [9.17, 15) is 9.59 Å². The highest BCUT2D eigenvalue weighted by molar-refractivity contribution is 9.09. The predicted molar refractivity (Wildman–Crippen MR) is 49.6 cm³/mol. The van der Waals surface area contributed by atoms with Crippen LogP contribution in [0.25, 0.3) is 0 Å². The van der Waals surface area contributed by atoms with Crippen LogP contribution in [0.5, 0.6) is 0 Å². The van der Waals surface area contributed by atoms with Crippen molar-refractivity contribution in [2.24, 2.45) is 0 Å². The molecular weight excluding hydrogens is 224 g/mol. The molecule has 0 aliphatic carbocycles. The van der Waals surface area contributed by atoms with Crippen LogP contribution in [0.3, 0.4) is 0 Å². The second-order valence-electron chi connectivity index (χ2n) is 2.33. The Bertz CT molecular complexity index is 161. The third-order valence-corrected chi connectivity index (χ3v) is 1.73. The average molecular weight is 237 g/mol. The molecule has 0 saturated carbocycles. The third-order valence-electron chi connectivity index (χ3n) is 1.22. The van der Waals surface area contributed by atoms with Crippen molar-refractivity contribution in [2.75, 3.05) is 5.33 Å². The van der Waals surface area contributed by atoms with Crippen molar-refractivity contribution >= 4 is 27.7 Å². The molecule has 0 aliphatic rings. The van der Waals surface area contributed by atoms with E-state index in [-0.39, 0.29) is 17.1 Å². The van der Waals surface area contributed by atoms with E-state index in [2.05, 4.69) is 26.8 Å². The minimum absolute atomic E-state index is 0.147. The fraction of sp³-hybridized carbons (Fsp3) is 0.714. The number of unbranched alkanes of at least 4 members (excludes halogenated alkanes) is 1. The van der Waals surface area contributed by atoms with Gasteiger partial charge in [-0.25, -0.2) is 0 Å². The van der Waals surface area contributed by atoms with Crippen molar-refractivity contribution in [3.63, 3.8) is 0 Å². The molecule has 70 valence electrons. The first-order valence-corrected chi connectivity index (χ1v) is 4.96. The number of carbonyl (C=O) groups is 2. The maximum atomic E-state index is 10.9. The van der Waals surface area contributed by atoms with Gasteiger partial charge < -0.3 is 0 Å². The molecule has 0 radical (unpaired) electrons. The summed E-state index contributed by atoms with van der Waals surface area (Å²) in [4.78, 5) is 21.5. The highest BCUT2D eigenvalue weighted by Gasteiger charge is 2.01. The van der Waals surface area contributed by atoms with Crippen LogP contribution in [-0.2, 0) is 9.59 Å². The lowest BCUT2D eigenvalue weighted by molar-refractivity contribution is -0.127. The highest BCUT2D eigenvalue weighted by atomic mass is 79.9. The van der Waals surface area contributed by atoms with Crippen LogP contribution in [0, 0.1) is 0 Å². The summed E-state index contributed by atoms with van der Waals surface area (Å²) in [5.74, 6) is -0.397. The summed E-state index contributed by atoms with van der Waals surface area (Å²) in [6.07, 6.45) is 2.27. The molecule has 12 heavy (non-hydrogen) atoms. The Kier molecular flexibility index (Phi) is 6.75. The summed E-state index contributed by atoms with van der Waals surface area (Å²) in [7, 11) is 0. The molecule has 0 fully saturated rings. The van der Waals surface area contributed by atoms with E-state index in [0.717, 1.165) is 12.8 Å². The van der Waals surface area contributed by atoms with Gasteiger partial charge in [0.15, 0.2) is 0 Å². The minimum Gasteiger partial charge on any atom is -0.273 e. The molecular formula is C7H13BrN2O2. The molecule has 0 spiro atoms. The number of alkyl halides is 1. The largest absolute Gasteiger partial charge is 0.273 e. The number of nitrogens with one attached hydrogen (secondary N) is 2. The SMILES string of the molecule is CCCCC(=O)NNC(=O)CBr. The van der Waals surface area contributed by atoms with E-state index in [0.29, 0.717) is 6.42 Å². The van der Waals surface area contributed by atoms with Gasteiger partial charge in [-0.3, -0.25) is 20.4 Å². The zero-order valence-corrected chi connectivity index (χ0v) is 8.61. The smallest absolute Gasteiger partial charge is 0.249 e. The highest BCUT2D eigenvalue weighted by Crippen LogP contribution is 1.91. The lowest BCUT2D eigenvalue weighted by Crippen LogP contribution is -2.42. The topological polar surface area (TPSA) is 58.2 Å². The first kappa shape index (κ1) is 11.4. The number of carbonyl (C=O) groups excluding carboxylic acids is 2. The van der Waals surface area contributed by atoms with Crippen molar-refractivity contribution in [3.05, 3.63) is 0 Å². The zero-order chi connectivity index (χ0) is 9.40. The molecule has 0 bridgehead atoms. The Balaban J connectivity index is 3.37. The van der Waals surface area contributed by atoms with E-state index in [4.69, 9.17) is 0 Å². The standard InChI is InChI=1S/C7H13BrN2O2/c1-2-3-4-6(11)9-10-7(12)5-8/h2-5H2,1H3,(H,9,11)(H,10,12). The molecule has 0 saturated heterocycles. The van der Waals surface area contributed by atoms with Gasteiger partial charge in [0.2, 0.25) is 11.8 Å². The lowest BCUT2D eigenvalue weighted by atomic mass is 10.2. The molecule has 0 rings (SSSR count). The van der Waals surface area contributed by atoms with Crippen LogP contribution in [0.4, 0.5) is 0 Å². The van der Waals surface area contributed by atoms with Crippen LogP contribution in [-0.4, -0.2) is 17.1 Å². The maximum Gasteiger partial charge on any atom is 0.249 e. The first-order chi connectivity index (χ1) is 5.70. The van der Waals surface area contributed by atoms with Gasteiger partial charge in [0.1, 0.15) is 0 Å². The first-order valence-electron chi connectivity index (χ1n) is 3.84. The fourth-order valence-corrected chi connectivity index (χ4v) is 0.713. The Labute approximate surface area is 80.2 Å². The van der Waals surface area contributed by atoms with Crippen LogP contribution in [0.2, 0.25) is 0 Å². The van der Waals surface area contributed by atoms with E-state index in [1.165, 1.54) is 0 Å². The Morgan fingerprint density at radius 2 is 1.83 bits per heavy atom. The molecule has 0 unspecified atom stereocenters. The Morgan fingerprint density at radius 3 is 2.33 bits per heavy atom. The molecule has 4 nitrogen and oxygen atoms in total. The number of halogens is 1. The third kappa shape index (κ3) is 6.15. The van der Waals surface area contributed by atoms with Gasteiger partial charge in [0.05, 0.1) is 5.33 Å². The fourth-order valence-electron chi connectivity index (χ4n) is 0.573. The molecule has 0 aliphatic heterocycles. The number of rotatable bonds is 4. The van der Waals surface area contributed by atoms with Gasteiger partial charge in [-0.15, -0.1) is 0 Å². The van der Waals surface area contributed by atoms with Crippen LogP contribution in [0.1, 0.15) is 26.2 Å². The Hall–Kier alpha value is -0.580. The van der Waals surface area contributed by atoms with E-state index in [1.54, 1.807) is 0 Å². The van der Waals surface area contributed by atoms with Crippen LogP contribution >= 0.6 is 15.9 Å². The van der Waals surface area contributed by atoms with Gasteiger partial charge in [0.25, 0.3) is 0 Å². The lowest BCUT2D eigenvalue weighted by Gasteiger charge is -2.04. The quantitative estimate of drug-likeness (QED) is 0.559. The van der Waals surface area contributed by atoms with Crippen LogP contribution in [0.15, 0.2) is 0 Å². The Morgan fingerprint density at radius 1 is 1.25 bits per heavy atom. The maximum absolute atomic E-state index is 10.9. The van der Waals surface area contributed by atoms with Gasteiger partial charge in [-0.2, -0.15) is 0 Å². The molecule has 0 aromatic carbocycles. The van der Waals surface area contributed by atoms with Crippen LogP contribution < -0.4 is 10.9 Å². The summed E-state index contributed by atoms with van der Waals surface area (Å²) in [6.45, 7) is 2.00. The van der Waals surface area contributed by atoms with Crippen molar-refractivity contribution < 1.29 is 9.59 Å². The van der Waals surface area contributed by atoms with Gasteiger partial charge in [-0.05, 0) is 6.42 Å². The number of hydrogen-bond acceptors (Lipinski definition) is 2. The second-order valence-corrected chi connectivity index (χ2v) is 2.89. The summed E-state index contributed by atoms with van der Waals surface area (Å²) >= 11 is 2.95. The molecule has 2 N–H and O–H groups in total. The van der Waals surface area contributed by atoms with E-state index in [1.807, 2.05) is 6.92 Å². The molecule has 0 heterocycles. The summed E-state index contributed by atoms with van der Waals surface area (Å²) in [5.41, 5.74) is 4.56. The van der Waals surface area contributed by atoms with Gasteiger partial charge in [0, 0.05) is 6.42 Å². The van der Waals surface area contributed by atoms with E-state index >= 15 is 0 Å². The molecule has 0 aromatic rings. The number of hydrogen-bond donors (Lipinski definition) is 2. The van der Waals surface area contributed by atoms with Crippen molar-refractivity contribution in [2.45, 2.75) is 26.2 Å². The molecule has 0 aromatic heterocycles. The normalized spacial score (nSPS) is 9.17. The van der Waals surface area contributed by atoms with Crippen molar-refractivity contribution in [1.29, 1.82) is 0 Å².